The molecule has 0 aromatic heterocycles. The van der Waals surface area contributed by atoms with Crippen LogP contribution in [0.1, 0.15) is 33.6 Å². The number of hydrogen-bond donors (Lipinski definition) is 1. The first-order chi connectivity index (χ1) is 7.46. The van der Waals surface area contributed by atoms with E-state index in [1.807, 2.05) is 20.8 Å². The van der Waals surface area contributed by atoms with Gasteiger partial charge in [-0.2, -0.15) is 0 Å². The van der Waals surface area contributed by atoms with Crippen LogP contribution in [0.5, 0.6) is 0 Å². The lowest BCUT2D eigenvalue weighted by molar-refractivity contribution is -0.00568. The molecule has 0 spiro atoms. The van der Waals surface area contributed by atoms with Crippen molar-refractivity contribution in [1.29, 1.82) is 0 Å². The molecule has 92 valence electrons. The minimum Gasteiger partial charge on any atom is -0.444 e. The summed E-state index contributed by atoms with van der Waals surface area (Å²) < 4.78 is 5.32. The van der Waals surface area contributed by atoms with Gasteiger partial charge in [0.25, 0.3) is 0 Å². The largest absolute Gasteiger partial charge is 0.444 e. The van der Waals surface area contributed by atoms with E-state index in [1.54, 1.807) is 4.90 Å². The van der Waals surface area contributed by atoms with Gasteiger partial charge in [-0.05, 0) is 40.2 Å². The molecule has 0 saturated carbocycles. The van der Waals surface area contributed by atoms with Gasteiger partial charge in [0.2, 0.25) is 0 Å². The van der Waals surface area contributed by atoms with Gasteiger partial charge >= 0.3 is 6.09 Å². The Labute approximate surface area is 97.3 Å². The minimum absolute atomic E-state index is 0.165. The van der Waals surface area contributed by atoms with E-state index in [2.05, 4.69) is 5.32 Å². The zero-order valence-corrected chi connectivity index (χ0v) is 10.5. The van der Waals surface area contributed by atoms with Crippen molar-refractivity contribution in [3.05, 3.63) is 0 Å². The number of carbonyl (C=O) groups excluding carboxylic acids is 1. The van der Waals surface area contributed by atoms with Crippen LogP contribution in [0, 0.1) is 5.92 Å². The number of amides is 1. The normalized spacial score (nSPS) is 26.7. The fraction of sp³-hybridized carbons (Fsp3) is 0.917. The molecular weight excluding hydrogens is 204 g/mol. The SMILES string of the molecule is CC(C)(C)OC(=O)N1CC([C@@H]2CCCN2)C1. The van der Waals surface area contributed by atoms with Gasteiger partial charge in [0.1, 0.15) is 5.60 Å². The highest BCUT2D eigenvalue weighted by molar-refractivity contribution is 5.69. The van der Waals surface area contributed by atoms with Crippen molar-refractivity contribution in [3.8, 4) is 0 Å². The molecule has 16 heavy (non-hydrogen) atoms. The average molecular weight is 226 g/mol. The van der Waals surface area contributed by atoms with Crippen LogP contribution >= 0.6 is 0 Å². The highest BCUT2D eigenvalue weighted by Gasteiger charge is 2.38. The molecule has 0 aliphatic carbocycles. The Balaban J connectivity index is 1.73. The number of nitrogens with zero attached hydrogens (tertiary/aromatic N) is 1. The molecule has 0 bridgehead atoms. The summed E-state index contributed by atoms with van der Waals surface area (Å²) in [6.07, 6.45) is 2.36. The first-order valence-electron chi connectivity index (χ1n) is 6.17. The van der Waals surface area contributed by atoms with Crippen LogP contribution in [0.3, 0.4) is 0 Å². The summed E-state index contributed by atoms with van der Waals surface area (Å²) in [5.41, 5.74) is -0.381. The van der Waals surface area contributed by atoms with Crippen molar-refractivity contribution >= 4 is 6.09 Å². The maximum atomic E-state index is 11.7. The fourth-order valence-corrected chi connectivity index (χ4v) is 2.36. The van der Waals surface area contributed by atoms with E-state index in [1.165, 1.54) is 12.8 Å². The molecule has 4 nitrogen and oxygen atoms in total. The Hall–Kier alpha value is -0.770. The maximum Gasteiger partial charge on any atom is 0.410 e. The van der Waals surface area contributed by atoms with Crippen LogP contribution < -0.4 is 5.32 Å². The van der Waals surface area contributed by atoms with E-state index in [0.29, 0.717) is 12.0 Å². The summed E-state index contributed by atoms with van der Waals surface area (Å²) in [7, 11) is 0. The van der Waals surface area contributed by atoms with E-state index in [4.69, 9.17) is 4.74 Å². The molecule has 1 amide bonds. The van der Waals surface area contributed by atoms with Gasteiger partial charge in [-0.15, -0.1) is 0 Å². The summed E-state index contributed by atoms with van der Waals surface area (Å²) in [6.45, 7) is 8.55. The number of ether oxygens (including phenoxy) is 1. The second-order valence-corrected chi connectivity index (χ2v) is 5.85. The van der Waals surface area contributed by atoms with Gasteiger partial charge in [-0.3, -0.25) is 0 Å². The van der Waals surface area contributed by atoms with Crippen molar-refractivity contribution in [3.63, 3.8) is 0 Å². The number of carbonyl (C=O) groups is 1. The van der Waals surface area contributed by atoms with Crippen molar-refractivity contribution in [2.24, 2.45) is 5.92 Å². The first-order valence-corrected chi connectivity index (χ1v) is 6.17. The molecule has 4 heteroatoms. The molecule has 0 aromatic carbocycles. The topological polar surface area (TPSA) is 41.6 Å². The average Bonchev–Trinajstić information content (AvgIpc) is 2.49. The van der Waals surface area contributed by atoms with E-state index in [9.17, 15) is 4.79 Å². The highest BCUT2D eigenvalue weighted by atomic mass is 16.6. The van der Waals surface area contributed by atoms with Gasteiger partial charge in [0.15, 0.2) is 0 Å². The van der Waals surface area contributed by atoms with Gasteiger partial charge in [-0.1, -0.05) is 0 Å². The number of hydrogen-bond acceptors (Lipinski definition) is 3. The Morgan fingerprint density at radius 3 is 2.56 bits per heavy atom. The van der Waals surface area contributed by atoms with Crippen molar-refractivity contribution in [2.45, 2.75) is 45.3 Å². The zero-order chi connectivity index (χ0) is 11.8. The number of nitrogens with one attached hydrogen (secondary N) is 1. The molecule has 1 atom stereocenters. The molecule has 0 aromatic rings. The Bertz CT molecular complexity index is 261. The van der Waals surface area contributed by atoms with E-state index < -0.39 is 0 Å². The molecule has 0 unspecified atom stereocenters. The van der Waals surface area contributed by atoms with Crippen molar-refractivity contribution in [2.75, 3.05) is 19.6 Å². The molecular formula is C12H22N2O2. The highest BCUT2D eigenvalue weighted by Crippen LogP contribution is 2.26. The van der Waals surface area contributed by atoms with Crippen LogP contribution in [0.15, 0.2) is 0 Å². The van der Waals surface area contributed by atoms with Crippen LogP contribution in [-0.4, -0.2) is 42.3 Å². The summed E-state index contributed by atoms with van der Waals surface area (Å²) in [5, 5.41) is 3.49. The first kappa shape index (κ1) is 11.7. The summed E-state index contributed by atoms with van der Waals surface area (Å²) in [6, 6.07) is 0.624. The van der Waals surface area contributed by atoms with Gasteiger partial charge in [0.05, 0.1) is 0 Å². The smallest absolute Gasteiger partial charge is 0.410 e. The number of rotatable bonds is 1. The summed E-state index contributed by atoms with van der Waals surface area (Å²) in [5.74, 6) is 0.634. The van der Waals surface area contributed by atoms with E-state index >= 15 is 0 Å². The summed E-state index contributed by atoms with van der Waals surface area (Å²) >= 11 is 0. The van der Waals surface area contributed by atoms with E-state index in [0.717, 1.165) is 19.6 Å². The van der Waals surface area contributed by atoms with Crippen LogP contribution in [0.25, 0.3) is 0 Å². The number of likely N-dealkylation sites (tertiary alicyclic amines) is 1. The molecule has 1 N–H and O–H groups in total. The molecule has 2 aliphatic rings. The lowest BCUT2D eigenvalue weighted by atomic mass is 9.91. The standard InChI is InChI=1S/C12H22N2O2/c1-12(2,3)16-11(15)14-7-9(8-14)10-5-4-6-13-10/h9-10,13H,4-8H2,1-3H3/t10-/m0/s1. The predicted octanol–water partition coefficient (Wildman–Crippen LogP) is 1.61. The van der Waals surface area contributed by atoms with Crippen molar-refractivity contribution < 1.29 is 9.53 Å². The molecule has 0 radical (unpaired) electrons. The second kappa shape index (κ2) is 4.24. The van der Waals surface area contributed by atoms with Crippen LogP contribution in [0.4, 0.5) is 4.79 Å². The summed E-state index contributed by atoms with van der Waals surface area (Å²) in [4.78, 5) is 13.5. The third-order valence-corrected chi connectivity index (χ3v) is 3.23. The predicted molar refractivity (Wildman–Crippen MR) is 62.3 cm³/mol. The zero-order valence-electron chi connectivity index (χ0n) is 10.5. The Kier molecular flexibility index (Phi) is 3.10. The third kappa shape index (κ3) is 2.67. The van der Waals surface area contributed by atoms with Gasteiger partial charge < -0.3 is 15.0 Å². The van der Waals surface area contributed by atoms with Crippen molar-refractivity contribution in [1.82, 2.24) is 10.2 Å². The molecule has 2 rings (SSSR count). The second-order valence-electron chi connectivity index (χ2n) is 5.85. The minimum atomic E-state index is -0.381. The van der Waals surface area contributed by atoms with Gasteiger partial charge in [0, 0.05) is 25.0 Å². The molecule has 2 fully saturated rings. The Morgan fingerprint density at radius 1 is 1.38 bits per heavy atom. The van der Waals surface area contributed by atoms with E-state index in [-0.39, 0.29) is 11.7 Å². The van der Waals surface area contributed by atoms with Crippen LogP contribution in [-0.2, 0) is 4.74 Å². The molecule has 2 saturated heterocycles. The third-order valence-electron chi connectivity index (χ3n) is 3.23. The lowest BCUT2D eigenvalue weighted by Gasteiger charge is -2.42. The lowest BCUT2D eigenvalue weighted by Crippen LogP contribution is -2.57. The molecule has 2 heterocycles. The Morgan fingerprint density at radius 2 is 2.06 bits per heavy atom. The van der Waals surface area contributed by atoms with Gasteiger partial charge in [-0.25, -0.2) is 4.79 Å². The molecule has 2 aliphatic heterocycles. The van der Waals surface area contributed by atoms with Crippen LogP contribution in [0.2, 0.25) is 0 Å². The fourth-order valence-electron chi connectivity index (χ4n) is 2.36. The quantitative estimate of drug-likeness (QED) is 0.738. The monoisotopic (exact) mass is 226 g/mol. The maximum absolute atomic E-state index is 11.7.